The Hall–Kier alpha value is -3.50. The van der Waals surface area contributed by atoms with Gasteiger partial charge in [0.1, 0.15) is 12.0 Å². The Morgan fingerprint density at radius 1 is 1.12 bits per heavy atom. The second kappa shape index (κ2) is 11.2. The number of halogens is 2. The van der Waals surface area contributed by atoms with Gasteiger partial charge in [-0.15, -0.1) is 15.4 Å². The van der Waals surface area contributed by atoms with Crippen LogP contribution in [0.3, 0.4) is 0 Å². The molecule has 0 aromatic heterocycles. The molecule has 214 valence electrons. The van der Waals surface area contributed by atoms with Crippen molar-refractivity contribution in [2.24, 2.45) is 0 Å². The standard InChI is InChI=1S/C28H28F2N2O5.C2H7N/c1-2-3-4-19(16-33)32-15-21-20(26(32)34)6-7-22-25(21)35-17-27(22)9-11-31(12-10-27)14-18-5-8-23-24(13-18)37-28(29,30)36-23;1-3-2/h2,5-8,13,16,19H,1,3-4,9-12,14-15,17H2;3H,1-2H3. The lowest BCUT2D eigenvalue weighted by molar-refractivity contribution is -0.286. The SMILES string of the molecule is C=CCCC(C=O)N1Cc2c(ccc3c2OCC32CCN(Cc3ccc4c(c3)OC(F)(F)O4)CC2)C1=O.CNC. The fraction of sp³-hybridized carbons (Fsp3) is 0.467. The van der Waals surface area contributed by atoms with Crippen LogP contribution in [-0.4, -0.2) is 68.1 Å². The quantitative estimate of drug-likeness (QED) is 0.404. The summed E-state index contributed by atoms with van der Waals surface area (Å²) in [6.07, 6.45) is 1.97. The number of carbonyl (C=O) groups is 2. The molecule has 1 atom stereocenters. The first-order valence-electron chi connectivity index (χ1n) is 13.6. The monoisotopic (exact) mass is 555 g/mol. The average molecular weight is 556 g/mol. The third kappa shape index (κ3) is 5.17. The van der Waals surface area contributed by atoms with E-state index in [0.29, 0.717) is 38.1 Å². The van der Waals surface area contributed by atoms with Gasteiger partial charge in [0, 0.05) is 28.7 Å². The van der Waals surface area contributed by atoms with E-state index in [-0.39, 0.29) is 22.8 Å². The predicted octanol–water partition coefficient (Wildman–Crippen LogP) is 4.26. The molecule has 0 bridgehead atoms. The van der Waals surface area contributed by atoms with E-state index in [1.165, 1.54) is 6.07 Å². The molecule has 0 aliphatic carbocycles. The maximum absolute atomic E-state index is 13.3. The summed E-state index contributed by atoms with van der Waals surface area (Å²) in [6.45, 7) is 6.93. The first-order chi connectivity index (χ1) is 19.2. The molecule has 2 aromatic rings. The van der Waals surface area contributed by atoms with Gasteiger partial charge in [0.25, 0.3) is 5.91 Å². The Morgan fingerprint density at radius 2 is 1.85 bits per heavy atom. The van der Waals surface area contributed by atoms with Gasteiger partial charge in [-0.05, 0) is 76.6 Å². The van der Waals surface area contributed by atoms with Crippen molar-refractivity contribution in [3.63, 3.8) is 0 Å². The molecule has 1 amide bonds. The molecule has 0 radical (unpaired) electrons. The van der Waals surface area contributed by atoms with Crippen molar-refractivity contribution in [1.29, 1.82) is 0 Å². The largest absolute Gasteiger partial charge is 0.586 e. The molecule has 4 aliphatic heterocycles. The van der Waals surface area contributed by atoms with Gasteiger partial charge >= 0.3 is 6.29 Å². The molecule has 4 aliphatic rings. The van der Waals surface area contributed by atoms with Gasteiger partial charge in [-0.1, -0.05) is 18.2 Å². The highest BCUT2D eigenvalue weighted by Crippen LogP contribution is 2.50. The molecular weight excluding hydrogens is 520 g/mol. The van der Waals surface area contributed by atoms with Crippen LogP contribution in [0, 0.1) is 0 Å². The van der Waals surface area contributed by atoms with Gasteiger partial charge in [-0.25, -0.2) is 0 Å². The van der Waals surface area contributed by atoms with E-state index in [0.717, 1.165) is 54.7 Å². The number of likely N-dealkylation sites (tertiary alicyclic amines) is 1. The van der Waals surface area contributed by atoms with Crippen molar-refractivity contribution in [2.45, 2.75) is 56.5 Å². The third-order valence-electron chi connectivity index (χ3n) is 8.05. The van der Waals surface area contributed by atoms with Crippen LogP contribution in [-0.2, 0) is 23.3 Å². The Balaban J connectivity index is 0.00000103. The number of alkyl halides is 2. The number of rotatable bonds is 7. The lowest BCUT2D eigenvalue weighted by atomic mass is 9.74. The van der Waals surface area contributed by atoms with Crippen LogP contribution in [0.2, 0.25) is 0 Å². The number of allylic oxidation sites excluding steroid dienone is 1. The zero-order valence-electron chi connectivity index (χ0n) is 22.9. The van der Waals surface area contributed by atoms with Crippen LogP contribution >= 0.6 is 0 Å². The summed E-state index contributed by atoms with van der Waals surface area (Å²) in [5.41, 5.74) is 3.40. The number of fused-ring (bicyclic) bond motifs is 5. The van der Waals surface area contributed by atoms with Gasteiger partial charge in [-0.3, -0.25) is 9.69 Å². The maximum atomic E-state index is 13.3. The van der Waals surface area contributed by atoms with E-state index in [2.05, 4.69) is 26.3 Å². The number of ether oxygens (including phenoxy) is 3. The predicted molar refractivity (Wildman–Crippen MR) is 145 cm³/mol. The molecule has 0 saturated carbocycles. The summed E-state index contributed by atoms with van der Waals surface area (Å²) in [5, 5.41) is 2.75. The lowest BCUT2D eigenvalue weighted by Gasteiger charge is -2.38. The van der Waals surface area contributed by atoms with E-state index in [1.54, 1.807) is 23.1 Å². The summed E-state index contributed by atoms with van der Waals surface area (Å²) in [7, 11) is 3.75. The number of aldehydes is 1. The smallest absolute Gasteiger partial charge is 0.492 e. The second-order valence-corrected chi connectivity index (χ2v) is 10.8. The van der Waals surface area contributed by atoms with E-state index < -0.39 is 12.3 Å². The number of nitrogens with zero attached hydrogens (tertiary/aromatic N) is 2. The normalized spacial score (nSPS) is 20.3. The molecule has 10 heteroatoms. The second-order valence-electron chi connectivity index (χ2n) is 10.8. The van der Waals surface area contributed by atoms with Crippen molar-refractivity contribution in [3.8, 4) is 17.2 Å². The zero-order chi connectivity index (χ0) is 28.5. The topological polar surface area (TPSA) is 80.3 Å². The van der Waals surface area contributed by atoms with Crippen LogP contribution in [0.1, 0.15) is 52.7 Å². The minimum Gasteiger partial charge on any atom is -0.492 e. The minimum atomic E-state index is -3.62. The van der Waals surface area contributed by atoms with Crippen LogP contribution in [0.4, 0.5) is 8.78 Å². The van der Waals surface area contributed by atoms with Gasteiger partial charge in [-0.2, -0.15) is 0 Å². The number of carbonyl (C=O) groups excluding carboxylic acids is 2. The van der Waals surface area contributed by atoms with Crippen LogP contribution in [0.25, 0.3) is 0 Å². The van der Waals surface area contributed by atoms with Crippen LogP contribution in [0.5, 0.6) is 17.2 Å². The molecule has 1 saturated heterocycles. The minimum absolute atomic E-state index is 0.0517. The van der Waals surface area contributed by atoms with E-state index in [9.17, 15) is 18.4 Å². The van der Waals surface area contributed by atoms with E-state index >= 15 is 0 Å². The molecule has 40 heavy (non-hydrogen) atoms. The van der Waals surface area contributed by atoms with Gasteiger partial charge < -0.3 is 29.2 Å². The van der Waals surface area contributed by atoms with E-state index in [4.69, 9.17) is 4.74 Å². The highest BCUT2D eigenvalue weighted by atomic mass is 19.3. The summed E-state index contributed by atoms with van der Waals surface area (Å²) in [5.74, 6) is 0.787. The summed E-state index contributed by atoms with van der Waals surface area (Å²) >= 11 is 0. The third-order valence-corrected chi connectivity index (χ3v) is 8.05. The van der Waals surface area contributed by atoms with Gasteiger partial charge in [0.05, 0.1) is 19.2 Å². The molecule has 4 heterocycles. The van der Waals surface area contributed by atoms with Crippen molar-refractivity contribution in [2.75, 3.05) is 33.8 Å². The fourth-order valence-electron chi connectivity index (χ4n) is 6.01. The average Bonchev–Trinajstić information content (AvgIpc) is 3.56. The van der Waals surface area contributed by atoms with Crippen molar-refractivity contribution in [1.82, 2.24) is 15.1 Å². The highest BCUT2D eigenvalue weighted by molar-refractivity contribution is 6.00. The van der Waals surface area contributed by atoms with Crippen LogP contribution < -0.4 is 19.5 Å². The Bertz CT molecular complexity index is 1290. The molecular formula is C30H35F2N3O5. The molecule has 2 aromatic carbocycles. The number of nitrogens with one attached hydrogen (secondary N) is 1. The number of hydrogen-bond acceptors (Lipinski definition) is 7. The van der Waals surface area contributed by atoms with Crippen molar-refractivity contribution in [3.05, 3.63) is 65.2 Å². The maximum Gasteiger partial charge on any atom is 0.586 e. The van der Waals surface area contributed by atoms with Crippen molar-refractivity contribution >= 4 is 12.2 Å². The summed E-state index contributed by atoms with van der Waals surface area (Å²) < 4.78 is 42.0. The number of piperidine rings is 1. The highest BCUT2D eigenvalue weighted by Gasteiger charge is 2.47. The van der Waals surface area contributed by atoms with Gasteiger partial charge in [0.2, 0.25) is 0 Å². The summed E-state index contributed by atoms with van der Waals surface area (Å²) in [6, 6.07) is 8.36. The molecule has 1 N–H and O–H groups in total. The van der Waals surface area contributed by atoms with Gasteiger partial charge in [0.15, 0.2) is 11.5 Å². The summed E-state index contributed by atoms with van der Waals surface area (Å²) in [4.78, 5) is 28.7. The zero-order valence-corrected chi connectivity index (χ0v) is 22.9. The Labute approximate surface area is 232 Å². The first kappa shape index (κ1) is 28.0. The molecule has 1 unspecified atom stereocenters. The lowest BCUT2D eigenvalue weighted by Crippen LogP contribution is -2.43. The Kier molecular flexibility index (Phi) is 7.83. The van der Waals surface area contributed by atoms with Crippen molar-refractivity contribution < 1.29 is 32.6 Å². The van der Waals surface area contributed by atoms with E-state index in [1.807, 2.05) is 26.2 Å². The fourth-order valence-corrected chi connectivity index (χ4v) is 6.01. The number of amides is 1. The molecule has 1 fully saturated rings. The first-order valence-corrected chi connectivity index (χ1v) is 13.6. The molecule has 6 rings (SSSR count). The molecule has 8 nitrogen and oxygen atoms in total. The van der Waals surface area contributed by atoms with Crippen LogP contribution in [0.15, 0.2) is 43.0 Å². The Morgan fingerprint density at radius 3 is 2.55 bits per heavy atom. The molecule has 1 spiro atoms. The number of hydrogen-bond donors (Lipinski definition) is 1. The number of benzene rings is 2.